The number of nitrogens with one attached hydrogen (secondary N) is 1. The Hall–Kier alpha value is -1.76. The lowest BCUT2D eigenvalue weighted by Crippen LogP contribution is -2.26. The van der Waals surface area contributed by atoms with E-state index in [0.717, 1.165) is 5.56 Å². The van der Waals surface area contributed by atoms with Crippen LogP contribution in [-0.4, -0.2) is 28.6 Å². The molecule has 0 radical (unpaired) electrons. The van der Waals surface area contributed by atoms with Crippen LogP contribution in [0, 0.1) is 6.92 Å². The second-order valence-corrected chi connectivity index (χ2v) is 5.24. The molecule has 98 valence electrons. The summed E-state index contributed by atoms with van der Waals surface area (Å²) >= 11 is 0. The highest BCUT2D eigenvalue weighted by Gasteiger charge is 2.18. The summed E-state index contributed by atoms with van der Waals surface area (Å²) in [6.45, 7) is 1.89. The molecule has 8 heteroatoms. The minimum atomic E-state index is -3.66. The van der Waals surface area contributed by atoms with Crippen LogP contribution >= 0.6 is 0 Å². The summed E-state index contributed by atoms with van der Waals surface area (Å²) in [5, 5.41) is 3.25. The second-order valence-electron chi connectivity index (χ2n) is 3.51. The van der Waals surface area contributed by atoms with Crippen LogP contribution in [0.5, 0.6) is 5.75 Å². The fourth-order valence-electron chi connectivity index (χ4n) is 1.35. The van der Waals surface area contributed by atoms with Gasteiger partial charge in [0.25, 0.3) is 0 Å². The summed E-state index contributed by atoms with van der Waals surface area (Å²) in [7, 11) is -2.26. The molecule has 1 aromatic carbocycles. The van der Waals surface area contributed by atoms with E-state index in [2.05, 4.69) is 14.7 Å². The van der Waals surface area contributed by atoms with Crippen LogP contribution in [0.4, 0.5) is 0 Å². The van der Waals surface area contributed by atoms with E-state index in [9.17, 15) is 8.42 Å². The molecule has 0 amide bonds. The lowest BCUT2D eigenvalue weighted by Gasteiger charge is -2.10. The molecule has 1 rings (SSSR count). The van der Waals surface area contributed by atoms with Gasteiger partial charge in [-0.15, -0.1) is 0 Å². The monoisotopic (exact) mass is 270 g/mol. The summed E-state index contributed by atoms with van der Waals surface area (Å²) in [5.41, 5.74) is 8.90. The van der Waals surface area contributed by atoms with E-state index >= 15 is 0 Å². The van der Waals surface area contributed by atoms with E-state index in [0.29, 0.717) is 0 Å². The molecule has 0 heterocycles. The summed E-state index contributed by atoms with van der Waals surface area (Å²) in [4.78, 5) is 2.62. The van der Waals surface area contributed by atoms with Crippen molar-refractivity contribution in [2.75, 3.05) is 20.2 Å². The quantitative estimate of drug-likeness (QED) is 0.367. The van der Waals surface area contributed by atoms with Gasteiger partial charge in [-0.2, -0.15) is 0 Å². The predicted molar refractivity (Wildman–Crippen MR) is 66.9 cm³/mol. The van der Waals surface area contributed by atoms with Gasteiger partial charge in [0.15, 0.2) is 0 Å². The average molecular weight is 270 g/mol. The van der Waals surface area contributed by atoms with E-state index in [4.69, 9.17) is 10.3 Å². The first-order valence-electron chi connectivity index (χ1n) is 5.16. The number of benzene rings is 1. The number of hydrogen-bond donors (Lipinski definition) is 1. The van der Waals surface area contributed by atoms with Crippen LogP contribution in [0.3, 0.4) is 0 Å². The molecule has 0 saturated carbocycles. The molecule has 1 N–H and O–H groups in total. The highest BCUT2D eigenvalue weighted by molar-refractivity contribution is 7.89. The molecule has 0 aliphatic heterocycles. The fourth-order valence-corrected chi connectivity index (χ4v) is 2.62. The molecule has 0 aromatic heterocycles. The molecule has 1 aromatic rings. The van der Waals surface area contributed by atoms with Crippen molar-refractivity contribution >= 4 is 10.0 Å². The zero-order valence-corrected chi connectivity index (χ0v) is 10.9. The standard InChI is InChI=1S/C10H14N4O3S/c1-8-3-4-9(17-2)10(7-8)18(15,16)13-6-5-12-14-11/h3-4,7,13H,5-6H2,1-2H3. The molecule has 18 heavy (non-hydrogen) atoms. The van der Waals surface area contributed by atoms with E-state index in [1.807, 2.05) is 0 Å². The molecular formula is C10H14N4O3S. The number of hydrogen-bond acceptors (Lipinski definition) is 4. The first-order valence-corrected chi connectivity index (χ1v) is 6.64. The smallest absolute Gasteiger partial charge is 0.244 e. The van der Waals surface area contributed by atoms with Crippen molar-refractivity contribution in [2.45, 2.75) is 11.8 Å². The van der Waals surface area contributed by atoms with Crippen LogP contribution < -0.4 is 9.46 Å². The van der Waals surface area contributed by atoms with Gasteiger partial charge < -0.3 is 4.74 Å². The van der Waals surface area contributed by atoms with E-state index in [1.165, 1.54) is 13.2 Å². The normalized spacial score (nSPS) is 10.8. The van der Waals surface area contributed by atoms with Gasteiger partial charge in [-0.3, -0.25) is 0 Å². The Morgan fingerprint density at radius 3 is 2.83 bits per heavy atom. The van der Waals surface area contributed by atoms with Gasteiger partial charge in [0, 0.05) is 18.0 Å². The molecule has 0 fully saturated rings. The Bertz CT molecular complexity index is 564. The summed E-state index contributed by atoms with van der Waals surface area (Å²) < 4.78 is 31.4. The van der Waals surface area contributed by atoms with Crippen molar-refractivity contribution in [3.8, 4) is 5.75 Å². The number of rotatable bonds is 6. The Kier molecular flexibility index (Phi) is 4.96. The highest BCUT2D eigenvalue weighted by Crippen LogP contribution is 2.24. The molecule has 0 saturated heterocycles. The van der Waals surface area contributed by atoms with Gasteiger partial charge in [-0.05, 0) is 30.2 Å². The third-order valence-corrected chi connectivity index (χ3v) is 3.66. The number of nitrogens with zero attached hydrogens (tertiary/aromatic N) is 3. The molecule has 7 nitrogen and oxygen atoms in total. The number of methoxy groups -OCH3 is 1. The maximum atomic E-state index is 12.0. The Labute approximate surface area is 105 Å². The topological polar surface area (TPSA) is 104 Å². The van der Waals surface area contributed by atoms with Crippen LogP contribution in [0.15, 0.2) is 28.2 Å². The average Bonchev–Trinajstić information content (AvgIpc) is 2.35. The molecule has 0 bridgehead atoms. The van der Waals surface area contributed by atoms with Gasteiger partial charge in [0.2, 0.25) is 10.0 Å². The Morgan fingerprint density at radius 2 is 2.22 bits per heavy atom. The lowest BCUT2D eigenvalue weighted by molar-refractivity contribution is 0.402. The van der Waals surface area contributed by atoms with Crippen molar-refractivity contribution < 1.29 is 13.2 Å². The van der Waals surface area contributed by atoms with E-state index in [1.54, 1.807) is 19.1 Å². The minimum Gasteiger partial charge on any atom is -0.495 e. The largest absolute Gasteiger partial charge is 0.495 e. The molecule has 0 atom stereocenters. The summed E-state index contributed by atoms with van der Waals surface area (Å²) in [6.07, 6.45) is 0. The molecule has 0 aliphatic carbocycles. The molecular weight excluding hydrogens is 256 g/mol. The molecule has 0 spiro atoms. The molecule has 0 unspecified atom stereocenters. The number of ether oxygens (including phenoxy) is 1. The maximum Gasteiger partial charge on any atom is 0.244 e. The van der Waals surface area contributed by atoms with Gasteiger partial charge in [0.05, 0.1) is 7.11 Å². The van der Waals surface area contributed by atoms with Crippen molar-refractivity contribution in [1.82, 2.24) is 4.72 Å². The SMILES string of the molecule is COc1ccc(C)cc1S(=O)(=O)NCCN=[N+]=[N-]. The van der Waals surface area contributed by atoms with Gasteiger partial charge in [-0.25, -0.2) is 13.1 Å². The second kappa shape index (κ2) is 6.25. The van der Waals surface area contributed by atoms with Crippen molar-refractivity contribution in [2.24, 2.45) is 5.11 Å². The maximum absolute atomic E-state index is 12.0. The van der Waals surface area contributed by atoms with Crippen LogP contribution in [0.2, 0.25) is 0 Å². The van der Waals surface area contributed by atoms with Crippen LogP contribution in [0.25, 0.3) is 10.4 Å². The predicted octanol–water partition coefficient (Wildman–Crippen LogP) is 1.59. The van der Waals surface area contributed by atoms with Gasteiger partial charge >= 0.3 is 0 Å². The van der Waals surface area contributed by atoms with Crippen LogP contribution in [0.1, 0.15) is 5.56 Å². The summed E-state index contributed by atoms with van der Waals surface area (Å²) in [5.74, 6) is 0.275. The fraction of sp³-hybridized carbons (Fsp3) is 0.400. The van der Waals surface area contributed by atoms with E-state index in [-0.39, 0.29) is 23.7 Å². The zero-order chi connectivity index (χ0) is 13.6. The Morgan fingerprint density at radius 1 is 1.50 bits per heavy atom. The van der Waals surface area contributed by atoms with E-state index < -0.39 is 10.0 Å². The van der Waals surface area contributed by atoms with Gasteiger partial charge in [-0.1, -0.05) is 11.2 Å². The highest BCUT2D eigenvalue weighted by atomic mass is 32.2. The number of aryl methyl sites for hydroxylation is 1. The summed E-state index contributed by atoms with van der Waals surface area (Å²) in [6, 6.07) is 4.88. The van der Waals surface area contributed by atoms with Crippen molar-refractivity contribution in [3.63, 3.8) is 0 Å². The number of sulfonamides is 1. The lowest BCUT2D eigenvalue weighted by atomic mass is 10.2. The first-order chi connectivity index (χ1) is 8.51. The van der Waals surface area contributed by atoms with Gasteiger partial charge in [0.1, 0.15) is 10.6 Å². The Balaban J connectivity index is 2.96. The molecule has 0 aliphatic rings. The first kappa shape index (κ1) is 14.3. The third-order valence-electron chi connectivity index (χ3n) is 2.18. The zero-order valence-electron chi connectivity index (χ0n) is 10.1. The minimum absolute atomic E-state index is 0.0451. The van der Waals surface area contributed by atoms with Crippen molar-refractivity contribution in [1.29, 1.82) is 0 Å². The number of azide groups is 1. The third kappa shape index (κ3) is 3.63. The van der Waals surface area contributed by atoms with Crippen molar-refractivity contribution in [3.05, 3.63) is 34.2 Å². The van der Waals surface area contributed by atoms with Crippen LogP contribution in [-0.2, 0) is 10.0 Å².